The van der Waals surface area contributed by atoms with Crippen LogP contribution in [0.3, 0.4) is 0 Å². The Balaban J connectivity index is 1.29. The summed E-state index contributed by atoms with van der Waals surface area (Å²) in [5, 5.41) is 0.177. The number of aromatic nitrogens is 3. The van der Waals surface area contributed by atoms with E-state index in [2.05, 4.69) is 15.0 Å². The van der Waals surface area contributed by atoms with Gasteiger partial charge >= 0.3 is 5.97 Å². The van der Waals surface area contributed by atoms with Crippen LogP contribution in [-0.2, 0) is 16.0 Å². The van der Waals surface area contributed by atoms with Crippen molar-refractivity contribution in [2.45, 2.75) is 25.7 Å². The van der Waals surface area contributed by atoms with Gasteiger partial charge in [0.25, 0.3) is 0 Å². The van der Waals surface area contributed by atoms with Crippen LogP contribution in [0.4, 0.5) is 13.2 Å². The van der Waals surface area contributed by atoms with E-state index in [1.807, 2.05) is 18.2 Å². The van der Waals surface area contributed by atoms with Crippen LogP contribution in [-0.4, -0.2) is 34.1 Å². The molecule has 0 fully saturated rings. The lowest BCUT2D eigenvalue weighted by molar-refractivity contribution is -0.142. The summed E-state index contributed by atoms with van der Waals surface area (Å²) in [5.41, 5.74) is 2.72. The number of rotatable bonds is 7. The number of esters is 1. The summed E-state index contributed by atoms with van der Waals surface area (Å²) in [5.74, 6) is -2.48. The minimum absolute atomic E-state index is 0.0436. The van der Waals surface area contributed by atoms with Crippen LogP contribution in [0.15, 0.2) is 60.9 Å². The van der Waals surface area contributed by atoms with Crippen molar-refractivity contribution in [2.75, 3.05) is 13.2 Å². The van der Waals surface area contributed by atoms with Gasteiger partial charge in [0.05, 0.1) is 30.7 Å². The molecule has 10 heteroatoms. The molecule has 3 heterocycles. The van der Waals surface area contributed by atoms with Crippen molar-refractivity contribution in [2.24, 2.45) is 0 Å². The molecule has 0 spiro atoms. The molecule has 7 nitrogen and oxygen atoms in total. The van der Waals surface area contributed by atoms with Crippen LogP contribution in [0.2, 0.25) is 0 Å². The van der Waals surface area contributed by atoms with Crippen LogP contribution in [0.5, 0.6) is 17.2 Å². The molecule has 0 amide bonds. The van der Waals surface area contributed by atoms with E-state index < -0.39 is 23.2 Å². The number of benzene rings is 3. The van der Waals surface area contributed by atoms with Crippen molar-refractivity contribution >= 4 is 16.9 Å². The Morgan fingerprint density at radius 2 is 2.00 bits per heavy atom. The summed E-state index contributed by atoms with van der Waals surface area (Å²) in [7, 11) is 0. The zero-order valence-corrected chi connectivity index (χ0v) is 21.4. The molecule has 6 rings (SSSR count). The maximum atomic E-state index is 14.9. The van der Waals surface area contributed by atoms with Gasteiger partial charge in [-0.05, 0) is 37.6 Å². The quantitative estimate of drug-likeness (QED) is 0.219. The number of imidazole rings is 1. The van der Waals surface area contributed by atoms with Crippen molar-refractivity contribution in [3.05, 3.63) is 95.2 Å². The fourth-order valence-electron chi connectivity index (χ4n) is 5.04. The Morgan fingerprint density at radius 3 is 2.85 bits per heavy atom. The average molecular weight is 548 g/mol. The molecule has 0 bridgehead atoms. The molecule has 1 aliphatic rings. The largest absolute Gasteiger partial charge is 0.493 e. The molecule has 0 saturated heterocycles. The van der Waals surface area contributed by atoms with Gasteiger partial charge in [-0.2, -0.15) is 0 Å². The number of hydrogen-bond donors (Lipinski definition) is 2. The summed E-state index contributed by atoms with van der Waals surface area (Å²) < 4.78 is 61.0. The fraction of sp³-hybridized carbons (Fsp3) is 0.200. The van der Waals surface area contributed by atoms with Gasteiger partial charge in [0, 0.05) is 46.6 Å². The third kappa shape index (κ3) is 4.66. The zero-order chi connectivity index (χ0) is 27.8. The van der Waals surface area contributed by atoms with Crippen LogP contribution in [0.25, 0.3) is 22.3 Å². The number of carbonyl (C=O) groups excluding carboxylic acids is 1. The molecule has 0 saturated carbocycles. The number of para-hydroxylation sites is 1. The van der Waals surface area contributed by atoms with Crippen LogP contribution in [0, 0.1) is 17.5 Å². The van der Waals surface area contributed by atoms with Crippen LogP contribution in [0.1, 0.15) is 36.1 Å². The highest BCUT2D eigenvalue weighted by Crippen LogP contribution is 2.41. The number of nitrogens with one attached hydrogen (secondary N) is 2. The summed E-state index contributed by atoms with van der Waals surface area (Å²) in [6, 6.07) is 12.0. The molecule has 40 heavy (non-hydrogen) atoms. The first kappa shape index (κ1) is 25.5. The molecule has 0 radical (unpaired) electrons. The lowest BCUT2D eigenvalue weighted by Crippen LogP contribution is -2.18. The molecule has 2 N–H and O–H groups in total. The third-order valence-corrected chi connectivity index (χ3v) is 6.88. The van der Waals surface area contributed by atoms with Crippen LogP contribution < -0.4 is 9.47 Å². The summed E-state index contributed by atoms with van der Waals surface area (Å²) in [4.78, 5) is 22.4. The van der Waals surface area contributed by atoms with E-state index in [-0.39, 0.29) is 40.8 Å². The van der Waals surface area contributed by atoms with Gasteiger partial charge in [-0.1, -0.05) is 18.2 Å². The first-order chi connectivity index (χ1) is 19.4. The normalized spacial score (nSPS) is 14.6. The van der Waals surface area contributed by atoms with E-state index in [0.29, 0.717) is 30.9 Å². The number of carbonyl (C=O) groups is 1. The number of halogens is 3. The van der Waals surface area contributed by atoms with E-state index in [9.17, 15) is 18.0 Å². The van der Waals surface area contributed by atoms with Crippen molar-refractivity contribution in [1.29, 1.82) is 0 Å². The molecule has 1 aliphatic heterocycles. The fourth-order valence-corrected chi connectivity index (χ4v) is 5.04. The molecular weight excluding hydrogens is 523 g/mol. The molecule has 204 valence electrons. The van der Waals surface area contributed by atoms with E-state index in [1.54, 1.807) is 13.1 Å². The van der Waals surface area contributed by atoms with E-state index in [0.717, 1.165) is 29.0 Å². The zero-order valence-electron chi connectivity index (χ0n) is 21.4. The summed E-state index contributed by atoms with van der Waals surface area (Å²) in [6.07, 6.45) is 3.86. The maximum Gasteiger partial charge on any atom is 0.310 e. The lowest BCUT2D eigenvalue weighted by Gasteiger charge is -2.27. The standard InChI is InChI=1S/C30H24F3N3O4/c1-2-38-26(37)12-16-4-3-5-19-18(9-11-39-28(16)19)25-15-35-30(36-25)21-13-17(6-7-22(21)31)40-29-23(32)14-24-20(27(29)33)8-10-34-24/h3-8,10,13-15,18,34H,2,9,11-12H2,1H3,(H,35,36). The van der Waals surface area contributed by atoms with Crippen molar-refractivity contribution in [3.8, 4) is 28.6 Å². The number of aromatic amines is 2. The first-order valence-electron chi connectivity index (χ1n) is 12.8. The van der Waals surface area contributed by atoms with Gasteiger partial charge < -0.3 is 24.2 Å². The second kappa shape index (κ2) is 10.4. The SMILES string of the molecule is CCOC(=O)Cc1cccc2c1OCCC2c1cnc(-c2cc(Oc3c(F)cc4[nH]ccc4c3F)ccc2F)[nH]1. The Kier molecular flexibility index (Phi) is 6.67. The average Bonchev–Trinajstić information content (AvgIpc) is 3.62. The highest BCUT2D eigenvalue weighted by atomic mass is 19.1. The molecule has 0 aliphatic carbocycles. The Hall–Kier alpha value is -4.73. The van der Waals surface area contributed by atoms with E-state index in [1.165, 1.54) is 24.4 Å². The minimum atomic E-state index is -0.890. The molecule has 3 aromatic carbocycles. The van der Waals surface area contributed by atoms with Gasteiger partial charge in [-0.15, -0.1) is 0 Å². The topological polar surface area (TPSA) is 89.2 Å². The molecule has 5 aromatic rings. The van der Waals surface area contributed by atoms with E-state index in [4.69, 9.17) is 14.2 Å². The second-order valence-electron chi connectivity index (χ2n) is 9.38. The third-order valence-electron chi connectivity index (χ3n) is 6.88. The molecule has 1 atom stereocenters. The smallest absolute Gasteiger partial charge is 0.310 e. The highest BCUT2D eigenvalue weighted by Gasteiger charge is 2.28. The lowest BCUT2D eigenvalue weighted by atomic mass is 9.88. The van der Waals surface area contributed by atoms with Crippen molar-refractivity contribution in [3.63, 3.8) is 0 Å². The molecule has 1 unspecified atom stereocenters. The summed E-state index contributed by atoms with van der Waals surface area (Å²) >= 11 is 0. The number of hydrogen-bond acceptors (Lipinski definition) is 5. The Labute approximate surface area is 226 Å². The highest BCUT2D eigenvalue weighted by molar-refractivity contribution is 5.82. The summed E-state index contributed by atoms with van der Waals surface area (Å²) in [6.45, 7) is 2.47. The van der Waals surface area contributed by atoms with E-state index >= 15 is 0 Å². The van der Waals surface area contributed by atoms with Gasteiger partial charge in [0.15, 0.2) is 17.4 Å². The second-order valence-corrected chi connectivity index (χ2v) is 9.38. The molecule has 2 aromatic heterocycles. The van der Waals surface area contributed by atoms with Crippen LogP contribution >= 0.6 is 0 Å². The van der Waals surface area contributed by atoms with Gasteiger partial charge in [-0.25, -0.2) is 18.2 Å². The number of fused-ring (bicyclic) bond motifs is 2. The monoisotopic (exact) mass is 547 g/mol. The Morgan fingerprint density at radius 1 is 1.12 bits per heavy atom. The maximum absolute atomic E-state index is 14.9. The minimum Gasteiger partial charge on any atom is -0.493 e. The van der Waals surface area contributed by atoms with Gasteiger partial charge in [-0.3, -0.25) is 4.79 Å². The number of nitrogens with zero attached hydrogens (tertiary/aromatic N) is 1. The van der Waals surface area contributed by atoms with Gasteiger partial charge in [0.2, 0.25) is 0 Å². The van der Waals surface area contributed by atoms with Crippen molar-refractivity contribution < 1.29 is 32.2 Å². The van der Waals surface area contributed by atoms with Gasteiger partial charge in [0.1, 0.15) is 23.1 Å². The number of ether oxygens (including phenoxy) is 3. The predicted molar refractivity (Wildman–Crippen MR) is 141 cm³/mol. The molecular formula is C30H24F3N3O4. The van der Waals surface area contributed by atoms with Crippen molar-refractivity contribution in [1.82, 2.24) is 15.0 Å². The Bertz CT molecular complexity index is 1730. The predicted octanol–water partition coefficient (Wildman–Crippen LogP) is 6.79. The number of H-pyrrole nitrogens is 2. The first-order valence-corrected chi connectivity index (χ1v) is 12.8.